The molecule has 0 spiro atoms. The standard InChI is InChI=1S/C13H18N2O3/c1-9(2)14-13(17)10-6-12(16)15(7-10)8-11-4-3-5-18-11/h3-5,9-10H,6-8H2,1-2H3,(H,14,17). The Bertz CT molecular complexity index is 425. The van der Waals surface area contributed by atoms with Gasteiger partial charge in [-0.25, -0.2) is 0 Å². The molecule has 2 amide bonds. The van der Waals surface area contributed by atoms with E-state index < -0.39 is 0 Å². The summed E-state index contributed by atoms with van der Waals surface area (Å²) in [7, 11) is 0. The molecule has 0 aromatic carbocycles. The van der Waals surface area contributed by atoms with Crippen molar-refractivity contribution in [2.75, 3.05) is 6.54 Å². The van der Waals surface area contributed by atoms with Gasteiger partial charge in [0.15, 0.2) is 0 Å². The van der Waals surface area contributed by atoms with Crippen LogP contribution < -0.4 is 5.32 Å². The number of furan rings is 1. The van der Waals surface area contributed by atoms with Gasteiger partial charge >= 0.3 is 0 Å². The van der Waals surface area contributed by atoms with E-state index in [-0.39, 0.29) is 23.8 Å². The summed E-state index contributed by atoms with van der Waals surface area (Å²) >= 11 is 0. The zero-order valence-electron chi connectivity index (χ0n) is 10.7. The molecule has 1 aliphatic rings. The third-order valence-electron chi connectivity index (χ3n) is 2.94. The maximum Gasteiger partial charge on any atom is 0.225 e. The molecular weight excluding hydrogens is 232 g/mol. The number of nitrogens with zero attached hydrogens (tertiary/aromatic N) is 1. The van der Waals surface area contributed by atoms with Crippen LogP contribution in [-0.4, -0.2) is 29.3 Å². The highest BCUT2D eigenvalue weighted by Crippen LogP contribution is 2.20. The van der Waals surface area contributed by atoms with Crippen molar-refractivity contribution < 1.29 is 14.0 Å². The van der Waals surface area contributed by atoms with Gasteiger partial charge in [0.1, 0.15) is 5.76 Å². The Morgan fingerprint density at radius 1 is 1.61 bits per heavy atom. The zero-order valence-corrected chi connectivity index (χ0v) is 10.7. The van der Waals surface area contributed by atoms with E-state index in [1.165, 1.54) is 0 Å². The number of nitrogens with one attached hydrogen (secondary N) is 1. The minimum atomic E-state index is -0.241. The molecule has 18 heavy (non-hydrogen) atoms. The molecule has 1 fully saturated rings. The largest absolute Gasteiger partial charge is 0.467 e. The van der Waals surface area contributed by atoms with Gasteiger partial charge in [0, 0.05) is 19.0 Å². The summed E-state index contributed by atoms with van der Waals surface area (Å²) in [5, 5.41) is 2.84. The average Bonchev–Trinajstić information content (AvgIpc) is 2.89. The Balaban J connectivity index is 1.92. The SMILES string of the molecule is CC(C)NC(=O)C1CC(=O)N(Cc2ccco2)C1. The molecule has 1 atom stereocenters. The third-order valence-corrected chi connectivity index (χ3v) is 2.94. The molecule has 0 aliphatic carbocycles. The minimum Gasteiger partial charge on any atom is -0.467 e. The van der Waals surface area contributed by atoms with E-state index in [0.717, 1.165) is 5.76 Å². The van der Waals surface area contributed by atoms with Crippen molar-refractivity contribution in [3.05, 3.63) is 24.2 Å². The summed E-state index contributed by atoms with van der Waals surface area (Å²) in [5.41, 5.74) is 0. The molecule has 0 radical (unpaired) electrons. The van der Waals surface area contributed by atoms with Crippen LogP contribution in [0, 0.1) is 5.92 Å². The van der Waals surface area contributed by atoms with Crippen LogP contribution in [0.2, 0.25) is 0 Å². The molecule has 1 saturated heterocycles. The second kappa shape index (κ2) is 5.25. The number of likely N-dealkylation sites (tertiary alicyclic amines) is 1. The van der Waals surface area contributed by atoms with E-state index in [0.29, 0.717) is 19.5 Å². The lowest BCUT2D eigenvalue weighted by Gasteiger charge is -2.15. The summed E-state index contributed by atoms with van der Waals surface area (Å²) in [6, 6.07) is 3.72. The fourth-order valence-corrected chi connectivity index (χ4v) is 2.09. The number of hydrogen-bond donors (Lipinski definition) is 1. The maximum absolute atomic E-state index is 11.8. The Hall–Kier alpha value is -1.78. The predicted octanol–water partition coefficient (Wildman–Crippen LogP) is 1.15. The number of hydrogen-bond acceptors (Lipinski definition) is 3. The number of amides is 2. The van der Waals surface area contributed by atoms with Crippen molar-refractivity contribution in [3.8, 4) is 0 Å². The second-order valence-corrected chi connectivity index (χ2v) is 4.92. The van der Waals surface area contributed by atoms with Crippen LogP contribution in [0.3, 0.4) is 0 Å². The first-order valence-electron chi connectivity index (χ1n) is 6.17. The minimum absolute atomic E-state index is 0.00954. The van der Waals surface area contributed by atoms with Gasteiger partial charge in [-0.3, -0.25) is 9.59 Å². The Kier molecular flexibility index (Phi) is 3.69. The fraction of sp³-hybridized carbons (Fsp3) is 0.538. The van der Waals surface area contributed by atoms with Crippen LogP contribution in [0.25, 0.3) is 0 Å². The Morgan fingerprint density at radius 2 is 2.39 bits per heavy atom. The smallest absolute Gasteiger partial charge is 0.225 e. The van der Waals surface area contributed by atoms with Crippen molar-refractivity contribution >= 4 is 11.8 Å². The molecule has 1 unspecified atom stereocenters. The molecule has 98 valence electrons. The topological polar surface area (TPSA) is 62.6 Å². The van der Waals surface area contributed by atoms with Crippen molar-refractivity contribution in [1.29, 1.82) is 0 Å². The van der Waals surface area contributed by atoms with Gasteiger partial charge in [0.25, 0.3) is 0 Å². The molecule has 0 bridgehead atoms. The average molecular weight is 250 g/mol. The van der Waals surface area contributed by atoms with E-state index >= 15 is 0 Å². The summed E-state index contributed by atoms with van der Waals surface area (Å²) in [6.07, 6.45) is 1.87. The van der Waals surface area contributed by atoms with Crippen LogP contribution >= 0.6 is 0 Å². The Morgan fingerprint density at radius 3 is 3.00 bits per heavy atom. The van der Waals surface area contributed by atoms with Crippen LogP contribution in [0.1, 0.15) is 26.0 Å². The number of rotatable bonds is 4. The van der Waals surface area contributed by atoms with E-state index in [9.17, 15) is 9.59 Å². The van der Waals surface area contributed by atoms with Gasteiger partial charge < -0.3 is 14.6 Å². The van der Waals surface area contributed by atoms with Crippen molar-refractivity contribution in [2.45, 2.75) is 32.9 Å². The lowest BCUT2D eigenvalue weighted by Crippen LogP contribution is -2.36. The first-order chi connectivity index (χ1) is 8.56. The van der Waals surface area contributed by atoms with Crippen LogP contribution in [0.4, 0.5) is 0 Å². The normalized spacial score (nSPS) is 19.6. The third kappa shape index (κ3) is 2.91. The summed E-state index contributed by atoms with van der Waals surface area (Å²) < 4.78 is 5.21. The van der Waals surface area contributed by atoms with Crippen LogP contribution in [-0.2, 0) is 16.1 Å². The molecule has 0 saturated carbocycles. The molecular formula is C13H18N2O3. The maximum atomic E-state index is 11.8. The molecule has 1 aliphatic heterocycles. The number of carbonyl (C=O) groups excluding carboxylic acids is 2. The van der Waals surface area contributed by atoms with E-state index in [4.69, 9.17) is 4.42 Å². The quantitative estimate of drug-likeness (QED) is 0.872. The van der Waals surface area contributed by atoms with E-state index in [2.05, 4.69) is 5.32 Å². The lowest BCUT2D eigenvalue weighted by atomic mass is 10.1. The molecule has 1 N–H and O–H groups in total. The monoisotopic (exact) mass is 250 g/mol. The summed E-state index contributed by atoms with van der Waals surface area (Å²) in [4.78, 5) is 25.3. The lowest BCUT2D eigenvalue weighted by molar-refractivity contribution is -0.129. The van der Waals surface area contributed by atoms with E-state index in [1.54, 1.807) is 17.2 Å². The highest BCUT2D eigenvalue weighted by Gasteiger charge is 2.34. The first-order valence-corrected chi connectivity index (χ1v) is 6.17. The van der Waals surface area contributed by atoms with Gasteiger partial charge in [-0.2, -0.15) is 0 Å². The molecule has 5 heteroatoms. The predicted molar refractivity (Wildman–Crippen MR) is 65.5 cm³/mol. The highest BCUT2D eigenvalue weighted by molar-refractivity contribution is 5.89. The van der Waals surface area contributed by atoms with E-state index in [1.807, 2.05) is 19.9 Å². The van der Waals surface area contributed by atoms with Crippen LogP contribution in [0.15, 0.2) is 22.8 Å². The van der Waals surface area contributed by atoms with Crippen molar-refractivity contribution in [3.63, 3.8) is 0 Å². The summed E-state index contributed by atoms with van der Waals surface area (Å²) in [6.45, 7) is 4.74. The zero-order chi connectivity index (χ0) is 13.1. The Labute approximate surface area is 106 Å². The van der Waals surface area contributed by atoms with Crippen molar-refractivity contribution in [1.82, 2.24) is 10.2 Å². The molecule has 1 aromatic heterocycles. The second-order valence-electron chi connectivity index (χ2n) is 4.92. The van der Waals surface area contributed by atoms with Gasteiger partial charge in [-0.05, 0) is 26.0 Å². The fourth-order valence-electron chi connectivity index (χ4n) is 2.09. The molecule has 5 nitrogen and oxygen atoms in total. The number of carbonyl (C=O) groups is 2. The highest BCUT2D eigenvalue weighted by atomic mass is 16.3. The molecule has 2 rings (SSSR count). The van der Waals surface area contributed by atoms with Gasteiger partial charge in [0.2, 0.25) is 11.8 Å². The van der Waals surface area contributed by atoms with Gasteiger partial charge in [-0.1, -0.05) is 0 Å². The molecule has 1 aromatic rings. The van der Waals surface area contributed by atoms with Gasteiger partial charge in [0.05, 0.1) is 18.7 Å². The van der Waals surface area contributed by atoms with Crippen molar-refractivity contribution in [2.24, 2.45) is 5.92 Å². The molecule has 2 heterocycles. The first kappa shape index (κ1) is 12.7. The van der Waals surface area contributed by atoms with Gasteiger partial charge in [-0.15, -0.1) is 0 Å². The van der Waals surface area contributed by atoms with Crippen LogP contribution in [0.5, 0.6) is 0 Å². The summed E-state index contributed by atoms with van der Waals surface area (Å²) in [5.74, 6) is 0.471.